The monoisotopic (exact) mass is 397 g/mol. The third-order valence-electron chi connectivity index (χ3n) is 4.87. The van der Waals surface area contributed by atoms with Gasteiger partial charge in [-0.3, -0.25) is 14.5 Å². The van der Waals surface area contributed by atoms with Gasteiger partial charge in [0.05, 0.1) is 13.7 Å². The van der Waals surface area contributed by atoms with Gasteiger partial charge in [-0.05, 0) is 19.9 Å². The van der Waals surface area contributed by atoms with Crippen LogP contribution in [0.15, 0.2) is 47.1 Å². The van der Waals surface area contributed by atoms with Gasteiger partial charge in [-0.25, -0.2) is 4.79 Å². The summed E-state index contributed by atoms with van der Waals surface area (Å²) in [5, 5.41) is 9.84. The molecule has 2 aliphatic heterocycles. The van der Waals surface area contributed by atoms with Gasteiger partial charge in [-0.2, -0.15) is 5.26 Å². The van der Waals surface area contributed by atoms with Crippen LogP contribution in [0.1, 0.15) is 19.4 Å². The van der Waals surface area contributed by atoms with E-state index in [9.17, 15) is 19.6 Å². The topological polar surface area (TPSA) is 132 Å². The van der Waals surface area contributed by atoms with Gasteiger partial charge in [-0.15, -0.1) is 0 Å². The number of fused-ring (bicyclic) bond motifs is 2. The van der Waals surface area contributed by atoms with Crippen molar-refractivity contribution in [3.05, 3.63) is 52.6 Å². The third kappa shape index (κ3) is 2.72. The smallest absolute Gasteiger partial charge is 0.339 e. The van der Waals surface area contributed by atoms with E-state index in [2.05, 4.69) is 0 Å². The zero-order valence-corrected chi connectivity index (χ0v) is 16.1. The van der Waals surface area contributed by atoms with Gasteiger partial charge in [0.25, 0.3) is 0 Å². The van der Waals surface area contributed by atoms with Gasteiger partial charge >= 0.3 is 11.9 Å². The van der Waals surface area contributed by atoms with Crippen molar-refractivity contribution in [1.82, 2.24) is 0 Å². The zero-order valence-electron chi connectivity index (χ0n) is 16.1. The van der Waals surface area contributed by atoms with Gasteiger partial charge < -0.3 is 19.9 Å². The van der Waals surface area contributed by atoms with Gasteiger partial charge in [0.1, 0.15) is 29.5 Å². The molecule has 9 heteroatoms. The summed E-state index contributed by atoms with van der Waals surface area (Å²) in [6, 6.07) is 8.47. The molecule has 29 heavy (non-hydrogen) atoms. The SMILES string of the molecule is CCOC(=O)CN1C(=O)[C@@]2(C(C#N)=C(N)OC(C)=C2C(=O)OC)c2ccccc21. The van der Waals surface area contributed by atoms with Crippen molar-refractivity contribution in [3.63, 3.8) is 0 Å². The largest absolute Gasteiger partial charge is 0.466 e. The fourth-order valence-corrected chi connectivity index (χ4v) is 3.81. The van der Waals surface area contributed by atoms with Crippen LogP contribution in [0.25, 0.3) is 0 Å². The van der Waals surface area contributed by atoms with Crippen LogP contribution >= 0.6 is 0 Å². The van der Waals surface area contributed by atoms with E-state index in [0.29, 0.717) is 11.3 Å². The highest BCUT2D eigenvalue weighted by Crippen LogP contribution is 2.53. The van der Waals surface area contributed by atoms with Crippen molar-refractivity contribution >= 4 is 23.5 Å². The number of ether oxygens (including phenoxy) is 3. The highest BCUT2D eigenvalue weighted by atomic mass is 16.5. The minimum atomic E-state index is -1.88. The summed E-state index contributed by atoms with van der Waals surface area (Å²) in [5.41, 5.74) is 4.35. The standard InChI is InChI=1S/C20H19N3O6/c1-4-28-15(24)10-23-14-8-6-5-7-12(14)20(19(23)26)13(9-21)17(22)29-11(2)16(20)18(25)27-3/h5-8H,4,10,22H2,1-3H3/t20-/m1/s1. The molecule has 0 aromatic heterocycles. The van der Waals surface area contributed by atoms with Crippen LogP contribution < -0.4 is 10.6 Å². The van der Waals surface area contributed by atoms with Crippen LogP contribution in [-0.4, -0.2) is 38.1 Å². The highest BCUT2D eigenvalue weighted by Gasteiger charge is 2.62. The number of anilines is 1. The molecule has 0 radical (unpaired) electrons. The number of allylic oxidation sites excluding steroid dienone is 1. The molecule has 9 nitrogen and oxygen atoms in total. The molecule has 0 bridgehead atoms. The normalized spacial score (nSPS) is 20.3. The maximum atomic E-state index is 13.8. The molecule has 0 fully saturated rings. The Kier molecular flexibility index (Phi) is 5.03. The number of benzene rings is 1. The molecule has 0 unspecified atom stereocenters. The molecular weight excluding hydrogens is 378 g/mol. The predicted octanol–water partition coefficient (Wildman–Crippen LogP) is 1.01. The van der Waals surface area contributed by atoms with Crippen molar-refractivity contribution < 1.29 is 28.6 Å². The zero-order chi connectivity index (χ0) is 21.3. The van der Waals surface area contributed by atoms with E-state index in [4.69, 9.17) is 19.9 Å². The van der Waals surface area contributed by atoms with Crippen molar-refractivity contribution in [1.29, 1.82) is 5.26 Å². The number of esters is 2. The van der Waals surface area contributed by atoms with Gasteiger partial charge in [0.2, 0.25) is 11.8 Å². The molecule has 2 aliphatic rings. The van der Waals surface area contributed by atoms with Crippen LogP contribution in [0.5, 0.6) is 0 Å². The summed E-state index contributed by atoms with van der Waals surface area (Å²) >= 11 is 0. The molecule has 0 aliphatic carbocycles. The fourth-order valence-electron chi connectivity index (χ4n) is 3.81. The summed E-state index contributed by atoms with van der Waals surface area (Å²) in [7, 11) is 1.16. The quantitative estimate of drug-likeness (QED) is 0.745. The van der Waals surface area contributed by atoms with Crippen LogP contribution in [0.3, 0.4) is 0 Å². The molecule has 2 N–H and O–H groups in total. The number of hydrogen-bond acceptors (Lipinski definition) is 8. The molecule has 0 saturated heterocycles. The highest BCUT2D eigenvalue weighted by molar-refractivity contribution is 6.19. The Hall–Kier alpha value is -3.80. The Bertz CT molecular complexity index is 1020. The van der Waals surface area contributed by atoms with Crippen LogP contribution in [0.4, 0.5) is 5.69 Å². The Morgan fingerprint density at radius 3 is 2.66 bits per heavy atom. The lowest BCUT2D eigenvalue weighted by Crippen LogP contribution is -2.49. The number of methoxy groups -OCH3 is 1. The Balaban J connectivity index is 2.34. The fraction of sp³-hybridized carbons (Fsp3) is 0.300. The maximum absolute atomic E-state index is 13.8. The minimum absolute atomic E-state index is 0.0366. The van der Waals surface area contributed by atoms with Crippen molar-refractivity contribution in [2.24, 2.45) is 5.73 Å². The summed E-state index contributed by atoms with van der Waals surface area (Å²) < 4.78 is 15.2. The molecule has 0 saturated carbocycles. The summed E-state index contributed by atoms with van der Waals surface area (Å²) in [4.78, 5) is 39.8. The number of carbonyl (C=O) groups is 3. The number of para-hydroxylation sites is 1. The molecule has 3 rings (SSSR count). The van der Waals surface area contributed by atoms with Crippen LogP contribution in [0.2, 0.25) is 0 Å². The lowest BCUT2D eigenvalue weighted by molar-refractivity contribution is -0.142. The molecule has 1 spiro atoms. The van der Waals surface area contributed by atoms with E-state index >= 15 is 0 Å². The average molecular weight is 397 g/mol. The molecule has 2 heterocycles. The number of amides is 1. The second kappa shape index (κ2) is 7.31. The van der Waals surface area contributed by atoms with E-state index in [1.807, 2.05) is 6.07 Å². The van der Waals surface area contributed by atoms with E-state index in [-0.39, 0.29) is 29.4 Å². The first-order valence-electron chi connectivity index (χ1n) is 8.79. The van der Waals surface area contributed by atoms with Crippen molar-refractivity contribution in [2.75, 3.05) is 25.2 Å². The average Bonchev–Trinajstić information content (AvgIpc) is 2.92. The number of nitrogens with two attached hydrogens (primary N) is 1. The second-order valence-corrected chi connectivity index (χ2v) is 6.34. The molecule has 1 aromatic carbocycles. The van der Waals surface area contributed by atoms with E-state index in [1.165, 1.54) is 11.8 Å². The summed E-state index contributed by atoms with van der Waals surface area (Å²) in [6.07, 6.45) is 0. The number of carbonyl (C=O) groups excluding carboxylic acids is 3. The third-order valence-corrected chi connectivity index (χ3v) is 4.87. The molecule has 150 valence electrons. The first kappa shape index (κ1) is 19.9. The van der Waals surface area contributed by atoms with E-state index in [1.54, 1.807) is 31.2 Å². The maximum Gasteiger partial charge on any atom is 0.339 e. The number of hydrogen-bond donors (Lipinski definition) is 1. The van der Waals surface area contributed by atoms with Crippen molar-refractivity contribution in [3.8, 4) is 6.07 Å². The lowest BCUT2D eigenvalue weighted by Gasteiger charge is -2.34. The second-order valence-electron chi connectivity index (χ2n) is 6.34. The number of rotatable bonds is 4. The van der Waals surface area contributed by atoms with Crippen LogP contribution in [0, 0.1) is 11.3 Å². The summed E-state index contributed by atoms with van der Waals surface area (Å²) in [5.74, 6) is -2.41. The summed E-state index contributed by atoms with van der Waals surface area (Å²) in [6.45, 7) is 2.86. The predicted molar refractivity (Wildman–Crippen MR) is 99.7 cm³/mol. The Morgan fingerprint density at radius 2 is 2.03 bits per heavy atom. The molecule has 1 atom stereocenters. The van der Waals surface area contributed by atoms with Gasteiger partial charge in [0.15, 0.2) is 5.41 Å². The molecule has 1 amide bonds. The number of nitrogens with zero attached hydrogens (tertiary/aromatic N) is 2. The van der Waals surface area contributed by atoms with E-state index < -0.39 is 29.8 Å². The first-order valence-corrected chi connectivity index (χ1v) is 8.79. The number of nitriles is 1. The van der Waals surface area contributed by atoms with Crippen LogP contribution in [-0.2, 0) is 34.0 Å². The lowest BCUT2D eigenvalue weighted by atomic mass is 9.68. The van der Waals surface area contributed by atoms with E-state index in [0.717, 1.165) is 7.11 Å². The Morgan fingerprint density at radius 1 is 1.34 bits per heavy atom. The Labute approximate surface area is 166 Å². The van der Waals surface area contributed by atoms with Crippen molar-refractivity contribution in [2.45, 2.75) is 19.3 Å². The molecular formula is C20H19N3O6. The van der Waals surface area contributed by atoms with Gasteiger partial charge in [-0.1, -0.05) is 18.2 Å². The van der Waals surface area contributed by atoms with Gasteiger partial charge in [0, 0.05) is 11.3 Å². The molecule has 1 aromatic rings. The minimum Gasteiger partial charge on any atom is -0.466 e. The first-order chi connectivity index (χ1) is 13.8.